The van der Waals surface area contributed by atoms with Crippen molar-refractivity contribution in [2.24, 2.45) is 0 Å². The number of imide groups is 1. The van der Waals surface area contributed by atoms with Crippen LogP contribution in [-0.2, 0) is 9.59 Å². The SMILES string of the molecule is Cc1cccc(N2C(=O)CC(N3CCC(c4nc5ccccc5s4)CC3)C2=O)c1. The first-order chi connectivity index (χ1) is 14.1. The summed E-state index contributed by atoms with van der Waals surface area (Å²) >= 11 is 1.78. The summed E-state index contributed by atoms with van der Waals surface area (Å²) in [6, 6.07) is 15.5. The van der Waals surface area contributed by atoms with E-state index in [-0.39, 0.29) is 24.3 Å². The van der Waals surface area contributed by atoms with Gasteiger partial charge in [0.15, 0.2) is 0 Å². The fourth-order valence-corrected chi connectivity index (χ4v) is 5.60. The molecule has 0 radical (unpaired) electrons. The maximum atomic E-state index is 13.0. The highest BCUT2D eigenvalue weighted by Gasteiger charge is 2.43. The molecule has 1 atom stereocenters. The number of likely N-dealkylation sites (tertiary alicyclic amines) is 1. The number of para-hydroxylation sites is 1. The van der Waals surface area contributed by atoms with Crippen molar-refractivity contribution in [1.29, 1.82) is 0 Å². The van der Waals surface area contributed by atoms with Gasteiger partial charge in [0.2, 0.25) is 5.91 Å². The first-order valence-electron chi connectivity index (χ1n) is 10.1. The molecule has 3 aromatic rings. The lowest BCUT2D eigenvalue weighted by Gasteiger charge is -2.34. The van der Waals surface area contributed by atoms with E-state index in [0.29, 0.717) is 11.6 Å². The van der Waals surface area contributed by atoms with E-state index in [0.717, 1.165) is 37.0 Å². The minimum atomic E-state index is -0.334. The van der Waals surface area contributed by atoms with Crippen LogP contribution < -0.4 is 4.90 Å². The molecule has 2 aromatic carbocycles. The van der Waals surface area contributed by atoms with Crippen molar-refractivity contribution < 1.29 is 9.59 Å². The second-order valence-corrected chi connectivity index (χ2v) is 9.02. The molecule has 2 saturated heterocycles. The number of rotatable bonds is 3. The molecule has 0 saturated carbocycles. The number of anilines is 1. The Morgan fingerprint density at radius 3 is 2.59 bits per heavy atom. The molecule has 6 heteroatoms. The van der Waals surface area contributed by atoms with Gasteiger partial charge in [-0.3, -0.25) is 14.5 Å². The summed E-state index contributed by atoms with van der Waals surface area (Å²) in [5.41, 5.74) is 2.80. The number of thiazole rings is 1. The van der Waals surface area contributed by atoms with Gasteiger partial charge in [-0.2, -0.15) is 0 Å². The van der Waals surface area contributed by atoms with Gasteiger partial charge in [0.05, 0.1) is 33.4 Å². The Labute approximate surface area is 174 Å². The Kier molecular flexibility index (Phi) is 4.68. The Morgan fingerprint density at radius 2 is 1.83 bits per heavy atom. The fourth-order valence-electron chi connectivity index (χ4n) is 4.46. The van der Waals surface area contributed by atoms with Crippen molar-refractivity contribution in [2.75, 3.05) is 18.0 Å². The lowest BCUT2D eigenvalue weighted by atomic mass is 9.96. The predicted octanol–water partition coefficient (Wildman–Crippen LogP) is 4.12. The number of hydrogen-bond acceptors (Lipinski definition) is 5. The molecule has 2 amide bonds. The van der Waals surface area contributed by atoms with Gasteiger partial charge in [-0.25, -0.2) is 9.88 Å². The summed E-state index contributed by atoms with van der Waals surface area (Å²) in [5, 5.41) is 1.20. The molecule has 5 nitrogen and oxygen atoms in total. The molecule has 1 unspecified atom stereocenters. The van der Waals surface area contributed by atoms with Crippen LogP contribution in [-0.4, -0.2) is 40.8 Å². The highest BCUT2D eigenvalue weighted by Crippen LogP contribution is 2.35. The van der Waals surface area contributed by atoms with Crippen molar-refractivity contribution in [1.82, 2.24) is 9.88 Å². The van der Waals surface area contributed by atoms with Crippen LogP contribution >= 0.6 is 11.3 Å². The average molecular weight is 406 g/mol. The zero-order chi connectivity index (χ0) is 20.0. The Morgan fingerprint density at radius 1 is 1.03 bits per heavy atom. The second-order valence-electron chi connectivity index (χ2n) is 7.96. The number of aryl methyl sites for hydroxylation is 1. The summed E-state index contributed by atoms with van der Waals surface area (Å²) in [6.45, 7) is 3.62. The summed E-state index contributed by atoms with van der Waals surface area (Å²) < 4.78 is 1.23. The highest BCUT2D eigenvalue weighted by molar-refractivity contribution is 7.18. The van der Waals surface area contributed by atoms with E-state index in [4.69, 9.17) is 4.98 Å². The van der Waals surface area contributed by atoms with Gasteiger partial charge in [0.1, 0.15) is 0 Å². The Bertz CT molecular complexity index is 1050. The molecule has 2 aliphatic heterocycles. The molecule has 0 N–H and O–H groups in total. The van der Waals surface area contributed by atoms with Crippen LogP contribution in [0.3, 0.4) is 0 Å². The van der Waals surface area contributed by atoms with Gasteiger partial charge in [0, 0.05) is 5.92 Å². The standard InChI is InChI=1S/C23H23N3O2S/c1-15-5-4-6-17(13-15)26-21(27)14-19(23(26)28)25-11-9-16(10-12-25)22-24-18-7-2-3-8-20(18)29-22/h2-8,13,16,19H,9-12,14H2,1H3. The molecule has 1 aromatic heterocycles. The summed E-state index contributed by atoms with van der Waals surface area (Å²) in [4.78, 5) is 34.0. The van der Waals surface area contributed by atoms with Crippen molar-refractivity contribution in [3.8, 4) is 0 Å². The Balaban J connectivity index is 1.28. The molecule has 0 spiro atoms. The zero-order valence-corrected chi connectivity index (χ0v) is 17.2. The first kappa shape index (κ1) is 18.5. The van der Waals surface area contributed by atoms with E-state index in [1.54, 1.807) is 11.3 Å². The van der Waals surface area contributed by atoms with Crippen molar-refractivity contribution >= 4 is 39.1 Å². The molecule has 0 bridgehead atoms. The largest absolute Gasteiger partial charge is 0.291 e. The summed E-state index contributed by atoms with van der Waals surface area (Å²) in [6.07, 6.45) is 2.23. The van der Waals surface area contributed by atoms with Crippen LogP contribution in [0.15, 0.2) is 48.5 Å². The number of benzene rings is 2. The van der Waals surface area contributed by atoms with Crippen LogP contribution in [0.4, 0.5) is 5.69 Å². The van der Waals surface area contributed by atoms with Crippen LogP contribution in [0.5, 0.6) is 0 Å². The van der Waals surface area contributed by atoms with E-state index in [1.807, 2.05) is 37.3 Å². The smallest absolute Gasteiger partial charge is 0.251 e. The zero-order valence-electron chi connectivity index (χ0n) is 16.4. The van der Waals surface area contributed by atoms with E-state index in [2.05, 4.69) is 23.1 Å². The molecule has 2 aliphatic rings. The number of fused-ring (bicyclic) bond motifs is 1. The molecular formula is C23H23N3O2S. The third-order valence-electron chi connectivity index (χ3n) is 6.01. The van der Waals surface area contributed by atoms with Gasteiger partial charge in [-0.15, -0.1) is 11.3 Å². The Hall–Kier alpha value is -2.57. The molecule has 5 rings (SSSR count). The normalized spacial score (nSPS) is 21.4. The number of carbonyl (C=O) groups excluding carboxylic acids is 2. The van der Waals surface area contributed by atoms with Crippen LogP contribution in [0.25, 0.3) is 10.2 Å². The van der Waals surface area contributed by atoms with Gasteiger partial charge >= 0.3 is 0 Å². The third kappa shape index (κ3) is 3.36. The second kappa shape index (κ2) is 7.35. The van der Waals surface area contributed by atoms with Gasteiger partial charge < -0.3 is 0 Å². The first-order valence-corrected chi connectivity index (χ1v) is 10.9. The monoisotopic (exact) mass is 405 g/mol. The van der Waals surface area contributed by atoms with Gasteiger partial charge in [-0.1, -0.05) is 24.3 Å². The van der Waals surface area contributed by atoms with E-state index in [9.17, 15) is 9.59 Å². The lowest BCUT2D eigenvalue weighted by molar-refractivity contribution is -0.123. The van der Waals surface area contributed by atoms with Gasteiger partial charge in [0.25, 0.3) is 5.91 Å². The van der Waals surface area contributed by atoms with E-state index >= 15 is 0 Å². The molecule has 148 valence electrons. The topological polar surface area (TPSA) is 53.5 Å². The van der Waals surface area contributed by atoms with Crippen molar-refractivity contribution in [3.63, 3.8) is 0 Å². The van der Waals surface area contributed by atoms with Crippen molar-refractivity contribution in [3.05, 3.63) is 59.1 Å². The number of nitrogens with zero attached hydrogens (tertiary/aromatic N) is 3. The molecular weight excluding hydrogens is 382 g/mol. The highest BCUT2D eigenvalue weighted by atomic mass is 32.1. The van der Waals surface area contributed by atoms with Gasteiger partial charge in [-0.05, 0) is 62.7 Å². The van der Waals surface area contributed by atoms with Crippen LogP contribution in [0.1, 0.15) is 35.8 Å². The number of aromatic nitrogens is 1. The van der Waals surface area contributed by atoms with Crippen LogP contribution in [0.2, 0.25) is 0 Å². The molecule has 0 aliphatic carbocycles. The fraction of sp³-hybridized carbons (Fsp3) is 0.348. The number of carbonyl (C=O) groups is 2. The quantitative estimate of drug-likeness (QED) is 0.615. The molecule has 2 fully saturated rings. The van der Waals surface area contributed by atoms with E-state index < -0.39 is 0 Å². The lowest BCUT2D eigenvalue weighted by Crippen LogP contribution is -2.45. The molecule has 3 heterocycles. The molecule has 29 heavy (non-hydrogen) atoms. The summed E-state index contributed by atoms with van der Waals surface area (Å²) in [5.74, 6) is 0.252. The maximum absolute atomic E-state index is 13.0. The number of hydrogen-bond donors (Lipinski definition) is 0. The third-order valence-corrected chi connectivity index (χ3v) is 7.21. The minimum absolute atomic E-state index is 0.0842. The minimum Gasteiger partial charge on any atom is -0.291 e. The summed E-state index contributed by atoms with van der Waals surface area (Å²) in [7, 11) is 0. The number of amides is 2. The average Bonchev–Trinajstić information content (AvgIpc) is 3.29. The van der Waals surface area contributed by atoms with E-state index in [1.165, 1.54) is 14.6 Å². The van der Waals surface area contributed by atoms with Crippen molar-refractivity contribution in [2.45, 2.75) is 38.1 Å². The maximum Gasteiger partial charge on any atom is 0.251 e. The van der Waals surface area contributed by atoms with Crippen LogP contribution in [0, 0.1) is 6.92 Å². The number of piperidine rings is 1. The predicted molar refractivity (Wildman–Crippen MR) is 115 cm³/mol.